The standard InChI is InChI=1S/C12H20N4O/c1-3-17-11-4-5-14-12(15-11)16(2)8-9-6-10(13)7-9/h4-5,9-10H,3,6-8,13H2,1-2H3. The van der Waals surface area contributed by atoms with Crippen molar-refractivity contribution in [3.05, 3.63) is 12.3 Å². The van der Waals surface area contributed by atoms with Crippen LogP contribution in [0, 0.1) is 5.92 Å². The lowest BCUT2D eigenvalue weighted by Crippen LogP contribution is -2.42. The molecule has 0 amide bonds. The molecule has 5 heteroatoms. The molecule has 0 aromatic carbocycles. The molecule has 0 radical (unpaired) electrons. The third-order valence-corrected chi connectivity index (χ3v) is 3.06. The molecule has 0 aliphatic heterocycles. The average molecular weight is 236 g/mol. The van der Waals surface area contributed by atoms with Crippen LogP contribution in [0.3, 0.4) is 0 Å². The molecule has 5 nitrogen and oxygen atoms in total. The van der Waals surface area contributed by atoms with E-state index in [1.165, 1.54) is 0 Å². The van der Waals surface area contributed by atoms with Crippen LogP contribution in [0.25, 0.3) is 0 Å². The van der Waals surface area contributed by atoms with Crippen LogP contribution in [-0.4, -0.2) is 36.2 Å². The summed E-state index contributed by atoms with van der Waals surface area (Å²) in [6, 6.07) is 2.17. The van der Waals surface area contributed by atoms with E-state index in [-0.39, 0.29) is 0 Å². The summed E-state index contributed by atoms with van der Waals surface area (Å²) in [7, 11) is 2.01. The van der Waals surface area contributed by atoms with E-state index in [0.717, 1.165) is 25.3 Å². The highest BCUT2D eigenvalue weighted by Crippen LogP contribution is 2.27. The van der Waals surface area contributed by atoms with Crippen LogP contribution in [0.1, 0.15) is 19.8 Å². The van der Waals surface area contributed by atoms with Crippen molar-refractivity contribution in [2.24, 2.45) is 11.7 Å². The number of nitrogens with two attached hydrogens (primary N) is 1. The molecule has 0 bridgehead atoms. The number of hydrogen-bond acceptors (Lipinski definition) is 5. The Bertz CT molecular complexity index is 365. The SMILES string of the molecule is CCOc1ccnc(N(C)CC2CC(N)C2)n1. The summed E-state index contributed by atoms with van der Waals surface area (Å²) in [5.41, 5.74) is 5.78. The van der Waals surface area contributed by atoms with Crippen molar-refractivity contribution in [3.63, 3.8) is 0 Å². The molecule has 1 aromatic heterocycles. The van der Waals surface area contributed by atoms with Gasteiger partial charge in [-0.05, 0) is 25.7 Å². The summed E-state index contributed by atoms with van der Waals surface area (Å²) in [6.45, 7) is 3.53. The molecule has 1 aliphatic rings. The summed E-state index contributed by atoms with van der Waals surface area (Å²) >= 11 is 0. The fraction of sp³-hybridized carbons (Fsp3) is 0.667. The minimum absolute atomic E-state index is 0.393. The smallest absolute Gasteiger partial charge is 0.228 e. The monoisotopic (exact) mass is 236 g/mol. The van der Waals surface area contributed by atoms with E-state index in [1.807, 2.05) is 14.0 Å². The van der Waals surface area contributed by atoms with Gasteiger partial charge in [-0.1, -0.05) is 0 Å². The molecule has 17 heavy (non-hydrogen) atoms. The second-order valence-electron chi connectivity index (χ2n) is 4.61. The largest absolute Gasteiger partial charge is 0.478 e. The summed E-state index contributed by atoms with van der Waals surface area (Å²) in [6.07, 6.45) is 3.95. The number of anilines is 1. The zero-order chi connectivity index (χ0) is 12.3. The molecule has 1 aromatic rings. The molecule has 0 spiro atoms. The van der Waals surface area contributed by atoms with E-state index >= 15 is 0 Å². The minimum atomic E-state index is 0.393. The minimum Gasteiger partial charge on any atom is -0.478 e. The molecule has 0 unspecified atom stereocenters. The Balaban J connectivity index is 1.93. The van der Waals surface area contributed by atoms with E-state index in [1.54, 1.807) is 12.3 Å². The van der Waals surface area contributed by atoms with Crippen molar-refractivity contribution >= 4 is 5.95 Å². The molecule has 2 rings (SSSR count). The maximum atomic E-state index is 5.78. The Morgan fingerprint density at radius 1 is 1.53 bits per heavy atom. The molecule has 1 saturated carbocycles. The third kappa shape index (κ3) is 3.06. The van der Waals surface area contributed by atoms with E-state index in [9.17, 15) is 0 Å². The van der Waals surface area contributed by atoms with Gasteiger partial charge < -0.3 is 15.4 Å². The zero-order valence-corrected chi connectivity index (χ0v) is 10.5. The average Bonchev–Trinajstić information content (AvgIpc) is 2.28. The van der Waals surface area contributed by atoms with Gasteiger partial charge in [-0.2, -0.15) is 4.98 Å². The van der Waals surface area contributed by atoms with Crippen LogP contribution in [0.15, 0.2) is 12.3 Å². The highest BCUT2D eigenvalue weighted by Gasteiger charge is 2.27. The maximum absolute atomic E-state index is 5.78. The normalized spacial score (nSPS) is 23.0. The predicted molar refractivity (Wildman–Crippen MR) is 67.2 cm³/mol. The Kier molecular flexibility index (Phi) is 3.78. The van der Waals surface area contributed by atoms with Gasteiger partial charge in [0, 0.05) is 31.9 Å². The molecule has 0 atom stereocenters. The molecule has 1 heterocycles. The van der Waals surface area contributed by atoms with Crippen molar-refractivity contribution in [3.8, 4) is 5.88 Å². The summed E-state index contributed by atoms with van der Waals surface area (Å²) < 4.78 is 5.36. The second kappa shape index (κ2) is 5.31. The van der Waals surface area contributed by atoms with Gasteiger partial charge in [-0.15, -0.1) is 0 Å². The van der Waals surface area contributed by atoms with Gasteiger partial charge in [0.1, 0.15) is 0 Å². The number of nitrogens with zero attached hydrogens (tertiary/aromatic N) is 3. The molecular weight excluding hydrogens is 216 g/mol. The van der Waals surface area contributed by atoms with E-state index < -0.39 is 0 Å². The van der Waals surface area contributed by atoms with E-state index in [4.69, 9.17) is 10.5 Å². The van der Waals surface area contributed by atoms with Gasteiger partial charge in [0.15, 0.2) is 0 Å². The lowest BCUT2D eigenvalue weighted by atomic mass is 9.81. The Labute approximate surface area is 102 Å². The quantitative estimate of drug-likeness (QED) is 0.827. The van der Waals surface area contributed by atoms with Crippen LogP contribution in [-0.2, 0) is 0 Å². The van der Waals surface area contributed by atoms with Gasteiger partial charge in [-0.25, -0.2) is 4.98 Å². The van der Waals surface area contributed by atoms with Gasteiger partial charge in [0.05, 0.1) is 6.61 Å². The van der Waals surface area contributed by atoms with Gasteiger partial charge in [0.25, 0.3) is 0 Å². The second-order valence-corrected chi connectivity index (χ2v) is 4.61. The van der Waals surface area contributed by atoms with Gasteiger partial charge in [-0.3, -0.25) is 0 Å². The van der Waals surface area contributed by atoms with Crippen LogP contribution in [0.2, 0.25) is 0 Å². The summed E-state index contributed by atoms with van der Waals surface area (Å²) in [5, 5.41) is 0. The lowest BCUT2D eigenvalue weighted by Gasteiger charge is -2.35. The number of rotatable bonds is 5. The van der Waals surface area contributed by atoms with Crippen molar-refractivity contribution in [1.29, 1.82) is 0 Å². The fourth-order valence-electron chi connectivity index (χ4n) is 2.15. The number of ether oxygens (including phenoxy) is 1. The van der Waals surface area contributed by atoms with Crippen LogP contribution < -0.4 is 15.4 Å². The first-order chi connectivity index (χ1) is 8.19. The lowest BCUT2D eigenvalue weighted by molar-refractivity contribution is 0.270. The molecule has 1 fully saturated rings. The Morgan fingerprint density at radius 3 is 2.94 bits per heavy atom. The van der Waals surface area contributed by atoms with Crippen LogP contribution in [0.5, 0.6) is 5.88 Å². The van der Waals surface area contributed by atoms with Crippen molar-refractivity contribution in [1.82, 2.24) is 9.97 Å². The van der Waals surface area contributed by atoms with Crippen LogP contribution >= 0.6 is 0 Å². The topological polar surface area (TPSA) is 64.3 Å². The molecular formula is C12H20N4O. The predicted octanol–water partition coefficient (Wildman–Crippen LogP) is 1.05. The number of aromatic nitrogens is 2. The van der Waals surface area contributed by atoms with E-state index in [0.29, 0.717) is 24.4 Å². The van der Waals surface area contributed by atoms with Crippen molar-refractivity contribution in [2.45, 2.75) is 25.8 Å². The Hall–Kier alpha value is -1.36. The first-order valence-electron chi connectivity index (χ1n) is 6.11. The van der Waals surface area contributed by atoms with E-state index in [2.05, 4.69) is 14.9 Å². The first kappa shape index (κ1) is 12.1. The first-order valence-corrected chi connectivity index (χ1v) is 6.11. The van der Waals surface area contributed by atoms with Crippen molar-refractivity contribution < 1.29 is 4.74 Å². The third-order valence-electron chi connectivity index (χ3n) is 3.06. The summed E-state index contributed by atoms with van der Waals surface area (Å²) in [4.78, 5) is 10.7. The Morgan fingerprint density at radius 2 is 2.29 bits per heavy atom. The van der Waals surface area contributed by atoms with Gasteiger partial charge in [0.2, 0.25) is 11.8 Å². The molecule has 94 valence electrons. The van der Waals surface area contributed by atoms with Gasteiger partial charge >= 0.3 is 0 Å². The highest BCUT2D eigenvalue weighted by molar-refractivity contribution is 5.30. The molecule has 0 saturated heterocycles. The number of hydrogen-bond donors (Lipinski definition) is 1. The fourth-order valence-corrected chi connectivity index (χ4v) is 2.15. The zero-order valence-electron chi connectivity index (χ0n) is 10.5. The summed E-state index contributed by atoms with van der Waals surface area (Å²) in [5.74, 6) is 2.03. The van der Waals surface area contributed by atoms with Crippen molar-refractivity contribution in [2.75, 3.05) is 25.1 Å². The molecule has 2 N–H and O–H groups in total. The maximum Gasteiger partial charge on any atom is 0.228 e. The highest BCUT2D eigenvalue weighted by atomic mass is 16.5. The van der Waals surface area contributed by atoms with Crippen LogP contribution in [0.4, 0.5) is 5.95 Å². The molecule has 1 aliphatic carbocycles.